The molecule has 0 bridgehead atoms. The van der Waals surface area contributed by atoms with Crippen molar-refractivity contribution in [1.82, 2.24) is 10.7 Å². The smallest absolute Gasteiger partial charge is 0.270 e. The summed E-state index contributed by atoms with van der Waals surface area (Å²) < 4.78 is 6.04. The molecule has 0 aliphatic carbocycles. The van der Waals surface area contributed by atoms with Crippen LogP contribution in [0, 0.1) is 10.1 Å². The van der Waals surface area contributed by atoms with E-state index < -0.39 is 4.92 Å². The van der Waals surface area contributed by atoms with Gasteiger partial charge in [-0.25, -0.2) is 0 Å². The van der Waals surface area contributed by atoms with E-state index in [1.807, 2.05) is 18.2 Å². The number of thiocarbonyl (C=S) groups is 1. The highest BCUT2D eigenvalue weighted by molar-refractivity contribution is 9.10. The molecule has 0 saturated carbocycles. The number of non-ortho nitro benzene ring substituents is 1. The van der Waals surface area contributed by atoms with Gasteiger partial charge in [0, 0.05) is 24.2 Å². The third-order valence-corrected chi connectivity index (χ3v) is 3.99. The molecule has 0 radical (unpaired) electrons. The molecule has 2 aromatic rings. The SMILES string of the molecule is COc1ccc(CNC(=S)NN=Cc2cccc([N+](=O)[O-])c2)cc1Br. The number of nitrogens with zero attached hydrogens (tertiary/aromatic N) is 2. The molecule has 0 aromatic heterocycles. The molecule has 0 saturated heterocycles. The Morgan fingerprint density at radius 1 is 1.40 bits per heavy atom. The first-order chi connectivity index (χ1) is 12.0. The van der Waals surface area contributed by atoms with Crippen LogP contribution in [0.1, 0.15) is 11.1 Å². The molecule has 9 heteroatoms. The summed E-state index contributed by atoms with van der Waals surface area (Å²) in [5.41, 5.74) is 4.29. The van der Waals surface area contributed by atoms with Gasteiger partial charge in [0.2, 0.25) is 0 Å². The Morgan fingerprint density at radius 2 is 2.20 bits per heavy atom. The van der Waals surface area contributed by atoms with E-state index >= 15 is 0 Å². The molecule has 0 aliphatic heterocycles. The van der Waals surface area contributed by atoms with Crippen molar-refractivity contribution >= 4 is 45.2 Å². The van der Waals surface area contributed by atoms with Crippen LogP contribution in [0.15, 0.2) is 52.0 Å². The van der Waals surface area contributed by atoms with E-state index in [0.29, 0.717) is 17.2 Å². The molecular formula is C16H15BrN4O3S. The Labute approximate surface area is 158 Å². The monoisotopic (exact) mass is 422 g/mol. The predicted octanol–water partition coefficient (Wildman–Crippen LogP) is 3.36. The van der Waals surface area contributed by atoms with Gasteiger partial charge in [0.15, 0.2) is 5.11 Å². The number of nitro benzene ring substituents is 1. The Balaban J connectivity index is 1.85. The number of benzene rings is 2. The third kappa shape index (κ3) is 5.80. The molecule has 7 nitrogen and oxygen atoms in total. The number of ether oxygens (including phenoxy) is 1. The lowest BCUT2D eigenvalue weighted by molar-refractivity contribution is -0.384. The average molecular weight is 423 g/mol. The van der Waals surface area contributed by atoms with Gasteiger partial charge in [0.05, 0.1) is 22.7 Å². The fourth-order valence-corrected chi connectivity index (χ4v) is 2.64. The number of methoxy groups -OCH3 is 1. The van der Waals surface area contributed by atoms with Gasteiger partial charge in [-0.3, -0.25) is 15.5 Å². The zero-order valence-corrected chi connectivity index (χ0v) is 15.6. The van der Waals surface area contributed by atoms with Gasteiger partial charge in [-0.2, -0.15) is 5.10 Å². The largest absolute Gasteiger partial charge is 0.496 e. The van der Waals surface area contributed by atoms with Crippen LogP contribution in [0.4, 0.5) is 5.69 Å². The minimum Gasteiger partial charge on any atom is -0.496 e. The number of hydrazone groups is 1. The van der Waals surface area contributed by atoms with Gasteiger partial charge in [0.1, 0.15) is 5.75 Å². The molecule has 0 fully saturated rings. The molecule has 0 heterocycles. The first-order valence-corrected chi connectivity index (χ1v) is 8.33. The third-order valence-electron chi connectivity index (χ3n) is 3.13. The van der Waals surface area contributed by atoms with E-state index in [-0.39, 0.29) is 5.69 Å². The van der Waals surface area contributed by atoms with Crippen molar-refractivity contribution in [1.29, 1.82) is 0 Å². The van der Waals surface area contributed by atoms with Crippen LogP contribution < -0.4 is 15.5 Å². The topological polar surface area (TPSA) is 88.8 Å². The number of nitrogens with one attached hydrogen (secondary N) is 2. The highest BCUT2D eigenvalue weighted by Crippen LogP contribution is 2.25. The van der Waals surface area contributed by atoms with Gasteiger partial charge in [-0.05, 0) is 45.8 Å². The van der Waals surface area contributed by atoms with Crippen molar-refractivity contribution in [3.8, 4) is 5.75 Å². The van der Waals surface area contributed by atoms with Crippen molar-refractivity contribution in [3.63, 3.8) is 0 Å². The summed E-state index contributed by atoms with van der Waals surface area (Å²) in [4.78, 5) is 10.3. The van der Waals surface area contributed by atoms with Crippen molar-refractivity contribution in [3.05, 3.63) is 68.2 Å². The van der Waals surface area contributed by atoms with Crippen LogP contribution in [0.3, 0.4) is 0 Å². The van der Waals surface area contributed by atoms with Crippen molar-refractivity contribution in [2.75, 3.05) is 7.11 Å². The lowest BCUT2D eigenvalue weighted by Gasteiger charge is -2.09. The van der Waals surface area contributed by atoms with Gasteiger partial charge in [-0.15, -0.1) is 0 Å². The fraction of sp³-hybridized carbons (Fsp3) is 0.125. The molecule has 2 aromatic carbocycles. The van der Waals surface area contributed by atoms with Crippen LogP contribution in [-0.2, 0) is 6.54 Å². The van der Waals surface area contributed by atoms with E-state index in [1.165, 1.54) is 18.3 Å². The highest BCUT2D eigenvalue weighted by atomic mass is 79.9. The lowest BCUT2D eigenvalue weighted by atomic mass is 10.2. The first-order valence-electron chi connectivity index (χ1n) is 7.13. The molecule has 0 unspecified atom stereocenters. The number of rotatable bonds is 6. The molecule has 25 heavy (non-hydrogen) atoms. The van der Waals surface area contributed by atoms with Crippen LogP contribution >= 0.6 is 28.1 Å². The summed E-state index contributed by atoms with van der Waals surface area (Å²) in [5.74, 6) is 0.756. The maximum Gasteiger partial charge on any atom is 0.270 e. The number of halogens is 1. The molecule has 0 spiro atoms. The zero-order chi connectivity index (χ0) is 18.2. The second-order valence-electron chi connectivity index (χ2n) is 4.87. The van der Waals surface area contributed by atoms with Gasteiger partial charge in [-0.1, -0.05) is 18.2 Å². The summed E-state index contributed by atoms with van der Waals surface area (Å²) in [5, 5.41) is 18.0. The van der Waals surface area contributed by atoms with Gasteiger partial charge in [0.25, 0.3) is 5.69 Å². The number of hydrogen-bond acceptors (Lipinski definition) is 5. The highest BCUT2D eigenvalue weighted by Gasteiger charge is 2.04. The molecular weight excluding hydrogens is 408 g/mol. The molecule has 0 amide bonds. The summed E-state index contributed by atoms with van der Waals surface area (Å²) in [6.07, 6.45) is 1.46. The summed E-state index contributed by atoms with van der Waals surface area (Å²) in [6, 6.07) is 11.9. The Bertz CT molecular complexity index is 814. The van der Waals surface area contributed by atoms with E-state index in [1.54, 1.807) is 19.2 Å². The van der Waals surface area contributed by atoms with Crippen LogP contribution in [0.25, 0.3) is 0 Å². The molecule has 0 aliphatic rings. The standard InChI is InChI=1S/C16H15BrN4O3S/c1-24-15-6-5-12(8-14(15)17)9-18-16(25)20-19-10-11-3-2-4-13(7-11)21(22)23/h2-8,10H,9H2,1H3,(H2,18,20,25). The molecule has 2 N–H and O–H groups in total. The number of hydrogen-bond donors (Lipinski definition) is 2. The van der Waals surface area contributed by atoms with Crippen molar-refractivity contribution in [2.24, 2.45) is 5.10 Å². The molecule has 0 atom stereocenters. The number of nitro groups is 1. The molecule has 2 rings (SSSR count). The maximum absolute atomic E-state index is 10.7. The second-order valence-corrected chi connectivity index (χ2v) is 6.14. The van der Waals surface area contributed by atoms with E-state index in [0.717, 1.165) is 15.8 Å². The average Bonchev–Trinajstić information content (AvgIpc) is 2.60. The van der Waals surface area contributed by atoms with Crippen LogP contribution in [0.2, 0.25) is 0 Å². The van der Waals surface area contributed by atoms with E-state index in [4.69, 9.17) is 17.0 Å². The van der Waals surface area contributed by atoms with E-state index in [2.05, 4.69) is 31.8 Å². The normalized spacial score (nSPS) is 10.5. The molecule has 130 valence electrons. The fourth-order valence-electron chi connectivity index (χ4n) is 1.93. The van der Waals surface area contributed by atoms with Crippen LogP contribution in [0.5, 0.6) is 5.75 Å². The maximum atomic E-state index is 10.7. The minimum absolute atomic E-state index is 0.00901. The van der Waals surface area contributed by atoms with Crippen LogP contribution in [-0.4, -0.2) is 23.4 Å². The summed E-state index contributed by atoms with van der Waals surface area (Å²) in [7, 11) is 1.61. The minimum atomic E-state index is -0.454. The Hall–Kier alpha value is -2.52. The second kappa shape index (κ2) is 9.09. The Kier molecular flexibility index (Phi) is 6.84. The lowest BCUT2D eigenvalue weighted by Crippen LogP contribution is -2.31. The van der Waals surface area contributed by atoms with Gasteiger partial charge < -0.3 is 10.1 Å². The quantitative estimate of drug-likeness (QED) is 0.321. The van der Waals surface area contributed by atoms with Gasteiger partial charge >= 0.3 is 0 Å². The van der Waals surface area contributed by atoms with E-state index in [9.17, 15) is 10.1 Å². The summed E-state index contributed by atoms with van der Waals surface area (Å²) >= 11 is 8.56. The van der Waals surface area contributed by atoms with Crippen molar-refractivity contribution < 1.29 is 9.66 Å². The Morgan fingerprint density at radius 3 is 2.88 bits per heavy atom. The zero-order valence-electron chi connectivity index (χ0n) is 13.2. The summed E-state index contributed by atoms with van der Waals surface area (Å²) in [6.45, 7) is 0.515. The predicted molar refractivity (Wildman–Crippen MR) is 104 cm³/mol. The van der Waals surface area contributed by atoms with Crippen molar-refractivity contribution in [2.45, 2.75) is 6.54 Å². The first kappa shape index (κ1) is 18.8.